The summed E-state index contributed by atoms with van der Waals surface area (Å²) in [4.78, 5) is 3.86. The molecule has 36 valence electrons. The summed E-state index contributed by atoms with van der Waals surface area (Å²) in [6, 6.07) is 3.89. The third kappa shape index (κ3) is 1.24. The Morgan fingerprint density at radius 2 is 2.43 bits per heavy atom. The van der Waals surface area contributed by atoms with E-state index in [1.54, 1.807) is 12.4 Å². The summed E-state index contributed by atoms with van der Waals surface area (Å²) in [5.74, 6) is 0. The Hall–Kier alpha value is -0.420. The van der Waals surface area contributed by atoms with Crippen LogP contribution in [0.3, 0.4) is 0 Å². The highest BCUT2D eigenvalue weighted by Crippen LogP contribution is 1.82. The van der Waals surface area contributed by atoms with Crippen molar-refractivity contribution >= 4 is 14.5 Å². The monoisotopic (exact) mass is 111 g/mol. The highest BCUT2D eigenvalue weighted by Gasteiger charge is 1.73. The molecule has 0 spiro atoms. The smallest absolute Gasteiger partial charge is 0.0339 e. The van der Waals surface area contributed by atoms with Crippen LogP contribution in [0, 0.1) is 0 Å². The molecule has 0 N–H and O–H groups in total. The summed E-state index contributed by atoms with van der Waals surface area (Å²) in [5, 5.41) is 1.13. The first kappa shape index (κ1) is 4.73. The van der Waals surface area contributed by atoms with Gasteiger partial charge in [-0.3, -0.25) is 4.98 Å². The molecule has 7 heavy (non-hydrogen) atoms. The van der Waals surface area contributed by atoms with Crippen molar-refractivity contribution in [2.75, 3.05) is 0 Å². The lowest BCUT2D eigenvalue weighted by molar-refractivity contribution is 1.35. The Kier molecular flexibility index (Phi) is 1.38. The predicted octanol–water partition coefficient (Wildman–Crippen LogP) is 0.582. The largest absolute Gasteiger partial charge is 0.264 e. The summed E-state index contributed by atoms with van der Waals surface area (Å²) in [5.41, 5.74) is 0. The zero-order valence-electron chi connectivity index (χ0n) is 3.83. The van der Waals surface area contributed by atoms with Gasteiger partial charge in [-0.05, 0) is 11.4 Å². The van der Waals surface area contributed by atoms with Crippen LogP contribution >= 0.6 is 9.24 Å². The number of hydrogen-bond acceptors (Lipinski definition) is 1. The minimum absolute atomic E-state index is 1.13. The summed E-state index contributed by atoms with van der Waals surface area (Å²) in [6.07, 6.45) is 3.55. The Balaban J connectivity index is 3.02. The Morgan fingerprint density at radius 3 is 2.71 bits per heavy atom. The average molecular weight is 111 g/mol. The molecule has 0 aliphatic carbocycles. The third-order valence-electron chi connectivity index (χ3n) is 0.684. The van der Waals surface area contributed by atoms with E-state index in [0.29, 0.717) is 0 Å². The van der Waals surface area contributed by atoms with Crippen LogP contribution in [-0.2, 0) is 0 Å². The number of aromatic nitrogens is 1. The Bertz CT molecular complexity index is 138. The van der Waals surface area contributed by atoms with Gasteiger partial charge in [0, 0.05) is 12.4 Å². The lowest BCUT2D eigenvalue weighted by atomic mass is 10.5. The highest BCUT2D eigenvalue weighted by atomic mass is 31.0. The van der Waals surface area contributed by atoms with E-state index in [-0.39, 0.29) is 0 Å². The van der Waals surface area contributed by atoms with Gasteiger partial charge in [0.2, 0.25) is 0 Å². The number of hydrogen-bond donors (Lipinski definition) is 0. The molecular weight excluding hydrogens is 105 g/mol. The van der Waals surface area contributed by atoms with Crippen molar-refractivity contribution in [3.05, 3.63) is 24.5 Å². The van der Waals surface area contributed by atoms with E-state index in [2.05, 4.69) is 14.2 Å². The molecule has 1 aromatic heterocycles. The molecule has 0 fully saturated rings. The summed E-state index contributed by atoms with van der Waals surface area (Å²) in [7, 11) is 2.57. The van der Waals surface area contributed by atoms with E-state index in [0.717, 1.165) is 5.30 Å². The van der Waals surface area contributed by atoms with Crippen LogP contribution in [-0.4, -0.2) is 4.98 Å². The first-order chi connectivity index (χ1) is 3.39. The summed E-state index contributed by atoms with van der Waals surface area (Å²) < 4.78 is 0. The van der Waals surface area contributed by atoms with E-state index < -0.39 is 0 Å². The van der Waals surface area contributed by atoms with E-state index in [1.165, 1.54) is 0 Å². The molecule has 0 amide bonds. The van der Waals surface area contributed by atoms with Crippen LogP contribution in [0.2, 0.25) is 0 Å². The molecule has 1 atom stereocenters. The standard InChI is InChI=1S/C5H6NP/c7-5-2-1-3-6-4-5/h1-4H,7H2. The maximum absolute atomic E-state index is 3.86. The zero-order valence-corrected chi connectivity index (χ0v) is 4.99. The second kappa shape index (κ2) is 2.04. The van der Waals surface area contributed by atoms with Crippen LogP contribution in [0.5, 0.6) is 0 Å². The van der Waals surface area contributed by atoms with E-state index in [9.17, 15) is 0 Å². The molecule has 0 aliphatic heterocycles. The van der Waals surface area contributed by atoms with Gasteiger partial charge in [0.15, 0.2) is 0 Å². The average Bonchev–Trinajstić information content (AvgIpc) is 1.69. The van der Waals surface area contributed by atoms with E-state index in [1.807, 2.05) is 12.1 Å². The maximum atomic E-state index is 3.86. The summed E-state index contributed by atoms with van der Waals surface area (Å²) in [6.45, 7) is 0. The maximum Gasteiger partial charge on any atom is 0.0339 e. The van der Waals surface area contributed by atoms with Crippen LogP contribution in [0.4, 0.5) is 0 Å². The van der Waals surface area contributed by atoms with Crippen LogP contribution in [0.1, 0.15) is 0 Å². The lowest BCUT2D eigenvalue weighted by Crippen LogP contribution is -1.86. The van der Waals surface area contributed by atoms with Gasteiger partial charge in [0.25, 0.3) is 0 Å². The van der Waals surface area contributed by atoms with Crippen molar-refractivity contribution in [3.63, 3.8) is 0 Å². The van der Waals surface area contributed by atoms with Gasteiger partial charge >= 0.3 is 0 Å². The molecule has 1 heterocycles. The minimum atomic E-state index is 1.13. The Morgan fingerprint density at radius 1 is 1.57 bits per heavy atom. The number of pyridine rings is 1. The second-order valence-electron chi connectivity index (χ2n) is 1.29. The van der Waals surface area contributed by atoms with E-state index >= 15 is 0 Å². The van der Waals surface area contributed by atoms with Gasteiger partial charge in [-0.1, -0.05) is 6.07 Å². The van der Waals surface area contributed by atoms with Gasteiger partial charge in [-0.15, -0.1) is 9.24 Å². The number of nitrogens with zero attached hydrogens (tertiary/aromatic N) is 1. The molecular formula is C5H6NP. The molecule has 1 rings (SSSR count). The summed E-state index contributed by atoms with van der Waals surface area (Å²) >= 11 is 0. The second-order valence-corrected chi connectivity index (χ2v) is 1.95. The van der Waals surface area contributed by atoms with E-state index in [4.69, 9.17) is 0 Å². The molecule has 0 aliphatic rings. The van der Waals surface area contributed by atoms with Crippen molar-refractivity contribution in [2.45, 2.75) is 0 Å². The normalized spacial score (nSPS) is 8.71. The van der Waals surface area contributed by atoms with Gasteiger partial charge in [0.1, 0.15) is 0 Å². The number of rotatable bonds is 0. The van der Waals surface area contributed by atoms with Crippen molar-refractivity contribution in [1.29, 1.82) is 0 Å². The van der Waals surface area contributed by atoms with Gasteiger partial charge in [-0.2, -0.15) is 0 Å². The molecule has 1 aromatic rings. The molecule has 0 aromatic carbocycles. The quantitative estimate of drug-likeness (QED) is 0.446. The molecule has 2 heteroatoms. The van der Waals surface area contributed by atoms with Gasteiger partial charge < -0.3 is 0 Å². The lowest BCUT2D eigenvalue weighted by Gasteiger charge is -1.82. The molecule has 0 radical (unpaired) electrons. The first-order valence-electron chi connectivity index (χ1n) is 2.05. The van der Waals surface area contributed by atoms with Crippen molar-refractivity contribution in [2.24, 2.45) is 0 Å². The predicted molar refractivity (Wildman–Crippen MR) is 33.6 cm³/mol. The fourth-order valence-electron chi connectivity index (χ4n) is 0.376. The van der Waals surface area contributed by atoms with Crippen LogP contribution in [0.15, 0.2) is 24.5 Å². The fraction of sp³-hybridized carbons (Fsp3) is 0. The SMILES string of the molecule is Pc1cccnc1. The first-order valence-corrected chi connectivity index (χ1v) is 2.63. The van der Waals surface area contributed by atoms with Crippen molar-refractivity contribution in [1.82, 2.24) is 4.98 Å². The molecule has 0 saturated heterocycles. The van der Waals surface area contributed by atoms with Gasteiger partial charge in [-0.25, -0.2) is 0 Å². The van der Waals surface area contributed by atoms with Gasteiger partial charge in [0.05, 0.1) is 0 Å². The molecule has 0 bridgehead atoms. The van der Waals surface area contributed by atoms with Crippen molar-refractivity contribution < 1.29 is 0 Å². The molecule has 1 unspecified atom stereocenters. The van der Waals surface area contributed by atoms with Crippen LogP contribution < -0.4 is 5.30 Å². The molecule has 0 saturated carbocycles. The molecule has 1 nitrogen and oxygen atoms in total. The van der Waals surface area contributed by atoms with Crippen molar-refractivity contribution in [3.8, 4) is 0 Å². The minimum Gasteiger partial charge on any atom is -0.264 e. The van der Waals surface area contributed by atoms with Crippen LogP contribution in [0.25, 0.3) is 0 Å². The topological polar surface area (TPSA) is 12.9 Å². The third-order valence-corrected chi connectivity index (χ3v) is 1.03. The fourth-order valence-corrected chi connectivity index (χ4v) is 0.573. The Labute approximate surface area is 45.0 Å². The zero-order chi connectivity index (χ0) is 5.11. The highest BCUT2D eigenvalue weighted by molar-refractivity contribution is 7.27.